The highest BCUT2D eigenvalue weighted by molar-refractivity contribution is 6.19. The van der Waals surface area contributed by atoms with Crippen molar-refractivity contribution in [3.63, 3.8) is 0 Å². The Labute approximate surface area is 88.8 Å². The number of nitrogens with zero attached hydrogens (tertiary/aromatic N) is 1. The Morgan fingerprint density at radius 3 is 2.47 bits per heavy atom. The average Bonchev–Trinajstić information content (AvgIpc) is 2.14. The predicted octanol–water partition coefficient (Wildman–Crippen LogP) is 0.282. The topological polar surface area (TPSA) is 70.9 Å². The third-order valence-corrected chi connectivity index (χ3v) is 2.51. The summed E-state index contributed by atoms with van der Waals surface area (Å²) in [5.74, 6) is -0.470. The van der Waals surface area contributed by atoms with Gasteiger partial charge in [0.2, 0.25) is 0 Å². The summed E-state index contributed by atoms with van der Waals surface area (Å²) in [5, 5.41) is 12.9. The van der Waals surface area contributed by atoms with Crippen LogP contribution >= 0.6 is 0 Å². The number of rotatable bonds is 3. The van der Waals surface area contributed by atoms with E-state index in [-0.39, 0.29) is 17.3 Å². The number of esters is 1. The fourth-order valence-corrected chi connectivity index (χ4v) is 1.34. The molecule has 15 heavy (non-hydrogen) atoms. The highest BCUT2D eigenvalue weighted by atomic mass is 16.5. The smallest absolute Gasteiger partial charge is 0.343 e. The molecule has 0 amide bonds. The maximum absolute atomic E-state index is 11.5. The highest BCUT2D eigenvalue weighted by Crippen LogP contribution is 2.18. The minimum absolute atomic E-state index is 0.00389. The van der Waals surface area contributed by atoms with Gasteiger partial charge in [-0.25, -0.2) is 4.79 Å². The van der Waals surface area contributed by atoms with E-state index in [1.54, 1.807) is 14.0 Å². The van der Waals surface area contributed by atoms with E-state index in [9.17, 15) is 9.90 Å². The van der Waals surface area contributed by atoms with Crippen LogP contribution in [0.2, 0.25) is 0 Å². The Balaban J connectivity index is 3.02. The highest BCUT2D eigenvalue weighted by Gasteiger charge is 2.28. The number of methoxy groups -OCH3 is 1. The van der Waals surface area contributed by atoms with Crippen LogP contribution in [0.5, 0.6) is 0 Å². The first-order chi connectivity index (χ1) is 7.11. The molecule has 1 saturated heterocycles. The Morgan fingerprint density at radius 2 is 2.13 bits per heavy atom. The number of aliphatic hydroxyl groups excluding tert-OH is 1. The van der Waals surface area contributed by atoms with Crippen LogP contribution in [0.15, 0.2) is 16.3 Å². The second-order valence-electron chi connectivity index (χ2n) is 3.42. The molecule has 1 aliphatic heterocycles. The van der Waals surface area contributed by atoms with Crippen molar-refractivity contribution >= 4 is 11.7 Å². The molecule has 0 aromatic carbocycles. The van der Waals surface area contributed by atoms with Crippen molar-refractivity contribution in [2.24, 2.45) is 10.9 Å². The van der Waals surface area contributed by atoms with E-state index in [2.05, 4.69) is 15.0 Å². The molecule has 0 radical (unpaired) electrons. The number of carbonyl (C=O) groups excluding carboxylic acids is 1. The Hall–Kier alpha value is -1.36. The predicted molar refractivity (Wildman–Crippen MR) is 57.1 cm³/mol. The van der Waals surface area contributed by atoms with Gasteiger partial charge in [-0.2, -0.15) is 0 Å². The lowest BCUT2D eigenvalue weighted by Crippen LogP contribution is -2.44. The van der Waals surface area contributed by atoms with Gasteiger partial charge in [-0.15, -0.1) is 0 Å². The molecule has 0 unspecified atom stereocenters. The third kappa shape index (κ3) is 2.36. The molecule has 5 heteroatoms. The van der Waals surface area contributed by atoms with Gasteiger partial charge < -0.3 is 15.2 Å². The monoisotopic (exact) mass is 212 g/mol. The second-order valence-corrected chi connectivity index (χ2v) is 3.42. The maximum Gasteiger partial charge on any atom is 0.343 e. The summed E-state index contributed by atoms with van der Waals surface area (Å²) in [7, 11) is 2.86. The van der Waals surface area contributed by atoms with Gasteiger partial charge in [0.25, 0.3) is 0 Å². The Kier molecular flexibility index (Phi) is 3.85. The molecule has 0 saturated carbocycles. The molecule has 0 bridgehead atoms. The minimum Gasteiger partial charge on any atom is -0.511 e. The molecule has 1 aliphatic rings. The van der Waals surface area contributed by atoms with Crippen molar-refractivity contribution in [3.05, 3.63) is 11.3 Å². The Bertz CT molecular complexity index is 317. The van der Waals surface area contributed by atoms with Crippen LogP contribution in [0.25, 0.3) is 0 Å². The van der Waals surface area contributed by atoms with E-state index in [1.807, 2.05) is 0 Å². The molecule has 0 aromatic heterocycles. The van der Waals surface area contributed by atoms with Crippen LogP contribution in [0.3, 0.4) is 0 Å². The lowest BCUT2D eigenvalue weighted by atomic mass is 9.95. The molecule has 84 valence electrons. The summed E-state index contributed by atoms with van der Waals surface area (Å²) in [6.45, 7) is 3.04. The van der Waals surface area contributed by atoms with Gasteiger partial charge in [-0.1, -0.05) is 0 Å². The quantitative estimate of drug-likeness (QED) is 0.305. The summed E-state index contributed by atoms with van der Waals surface area (Å²) >= 11 is 0. The summed E-state index contributed by atoms with van der Waals surface area (Å²) in [5.41, 5.74) is 0.678. The van der Waals surface area contributed by atoms with Crippen LogP contribution in [-0.2, 0) is 9.53 Å². The van der Waals surface area contributed by atoms with Crippen LogP contribution in [0.4, 0.5) is 0 Å². The van der Waals surface area contributed by atoms with E-state index in [1.165, 1.54) is 7.11 Å². The standard InChI is InChI=1S/C10H16N2O3/c1-6(11-2)8(10(14)15-3)9(13)7-4-12-5-7/h7,12-13H,4-5H2,1-3H3/b9-8+,11-6?. The number of hydrogen-bond acceptors (Lipinski definition) is 5. The van der Waals surface area contributed by atoms with E-state index >= 15 is 0 Å². The zero-order valence-corrected chi connectivity index (χ0v) is 9.20. The molecule has 2 N–H and O–H groups in total. The first-order valence-electron chi connectivity index (χ1n) is 4.77. The van der Waals surface area contributed by atoms with Crippen LogP contribution in [0, 0.1) is 5.92 Å². The molecule has 1 rings (SSSR count). The molecule has 0 spiro atoms. The number of carbonyl (C=O) groups is 1. The van der Waals surface area contributed by atoms with Gasteiger partial charge >= 0.3 is 5.97 Å². The van der Waals surface area contributed by atoms with Crippen LogP contribution in [-0.4, -0.2) is 44.0 Å². The van der Waals surface area contributed by atoms with Gasteiger partial charge in [0, 0.05) is 31.8 Å². The Morgan fingerprint density at radius 1 is 1.53 bits per heavy atom. The zero-order valence-electron chi connectivity index (χ0n) is 9.20. The summed E-state index contributed by atoms with van der Waals surface area (Å²) < 4.78 is 4.62. The van der Waals surface area contributed by atoms with Crippen molar-refractivity contribution < 1.29 is 14.6 Å². The minimum atomic E-state index is -0.539. The molecule has 0 atom stereocenters. The maximum atomic E-state index is 11.5. The van der Waals surface area contributed by atoms with Crippen molar-refractivity contribution in [1.29, 1.82) is 0 Å². The van der Waals surface area contributed by atoms with E-state index < -0.39 is 5.97 Å². The molecule has 5 nitrogen and oxygen atoms in total. The number of aliphatic hydroxyl groups is 1. The molecular weight excluding hydrogens is 196 g/mol. The number of nitrogens with one attached hydrogen (secondary N) is 1. The first-order valence-corrected chi connectivity index (χ1v) is 4.77. The van der Waals surface area contributed by atoms with Gasteiger partial charge in [-0.05, 0) is 6.92 Å². The SMILES string of the molecule is CN=C(C)/C(C(=O)OC)=C(\O)C1CNC1. The first kappa shape index (κ1) is 11.7. The molecule has 0 aliphatic carbocycles. The van der Waals surface area contributed by atoms with Crippen LogP contribution in [0.1, 0.15) is 6.92 Å². The molecule has 0 aromatic rings. The van der Waals surface area contributed by atoms with Crippen molar-refractivity contribution in [2.75, 3.05) is 27.2 Å². The van der Waals surface area contributed by atoms with Crippen LogP contribution < -0.4 is 5.32 Å². The fraction of sp³-hybridized carbons (Fsp3) is 0.600. The lowest BCUT2D eigenvalue weighted by molar-refractivity contribution is -0.135. The zero-order chi connectivity index (χ0) is 11.4. The number of hydrogen-bond donors (Lipinski definition) is 2. The van der Waals surface area contributed by atoms with Crippen molar-refractivity contribution in [2.45, 2.75) is 6.92 Å². The van der Waals surface area contributed by atoms with E-state index in [0.717, 1.165) is 0 Å². The second kappa shape index (κ2) is 4.93. The van der Waals surface area contributed by atoms with Gasteiger partial charge in [0.15, 0.2) is 0 Å². The molecule has 1 fully saturated rings. The van der Waals surface area contributed by atoms with Gasteiger partial charge in [0.1, 0.15) is 11.3 Å². The number of aliphatic imine (C=N–C) groups is 1. The summed E-state index contributed by atoms with van der Waals surface area (Å²) in [6.07, 6.45) is 0. The van der Waals surface area contributed by atoms with Crippen molar-refractivity contribution in [1.82, 2.24) is 5.32 Å². The molecular formula is C10H16N2O3. The summed E-state index contributed by atoms with van der Waals surface area (Å²) in [6, 6.07) is 0. The normalized spacial score (nSPS) is 19.3. The van der Waals surface area contributed by atoms with E-state index in [0.29, 0.717) is 18.8 Å². The number of ether oxygens (including phenoxy) is 1. The third-order valence-electron chi connectivity index (χ3n) is 2.51. The molecule has 1 heterocycles. The largest absolute Gasteiger partial charge is 0.511 e. The lowest BCUT2D eigenvalue weighted by Gasteiger charge is -2.27. The average molecular weight is 212 g/mol. The van der Waals surface area contributed by atoms with Gasteiger partial charge in [-0.3, -0.25) is 4.99 Å². The van der Waals surface area contributed by atoms with Crippen molar-refractivity contribution in [3.8, 4) is 0 Å². The van der Waals surface area contributed by atoms with E-state index in [4.69, 9.17) is 0 Å². The van der Waals surface area contributed by atoms with Gasteiger partial charge in [0.05, 0.1) is 7.11 Å². The fourth-order valence-electron chi connectivity index (χ4n) is 1.34. The summed E-state index contributed by atoms with van der Waals surface area (Å²) in [4.78, 5) is 15.4.